The van der Waals surface area contributed by atoms with E-state index < -0.39 is 5.92 Å². The normalized spacial score (nSPS) is 25.2. The second-order valence-corrected chi connectivity index (χ2v) is 4.95. The van der Waals surface area contributed by atoms with Gasteiger partial charge in [0, 0.05) is 30.0 Å². The molecule has 2 rings (SSSR count). The Bertz CT molecular complexity index is 324. The molecule has 0 amide bonds. The minimum atomic E-state index is -2.48. The molecule has 0 saturated heterocycles. The van der Waals surface area contributed by atoms with Gasteiger partial charge in [0.25, 0.3) is 0 Å². The number of halogens is 2. The molecule has 1 atom stereocenters. The minimum Gasteiger partial charge on any atom is -0.359 e. The van der Waals surface area contributed by atoms with Gasteiger partial charge in [0.1, 0.15) is 0 Å². The fourth-order valence-electron chi connectivity index (χ4n) is 1.67. The van der Waals surface area contributed by atoms with Crippen molar-refractivity contribution in [1.82, 2.24) is 4.98 Å². The molecule has 1 saturated carbocycles. The Kier molecular flexibility index (Phi) is 2.43. The van der Waals surface area contributed by atoms with Crippen LogP contribution in [0.3, 0.4) is 0 Å². The standard InChI is InChI=1S/C9H12F2N2S/c1-6-5-12-8(14-6)13-7-2-3-9(10,11)4-7/h5,7H,2-4H2,1H3,(H,12,13). The zero-order valence-corrected chi connectivity index (χ0v) is 8.70. The van der Waals surface area contributed by atoms with E-state index in [0.717, 1.165) is 10.0 Å². The van der Waals surface area contributed by atoms with Crippen LogP contribution in [0.15, 0.2) is 6.20 Å². The van der Waals surface area contributed by atoms with Gasteiger partial charge in [-0.25, -0.2) is 13.8 Å². The van der Waals surface area contributed by atoms with Gasteiger partial charge in [-0.3, -0.25) is 0 Å². The first-order chi connectivity index (χ1) is 6.55. The Morgan fingerprint density at radius 3 is 2.93 bits per heavy atom. The highest BCUT2D eigenvalue weighted by molar-refractivity contribution is 7.15. The van der Waals surface area contributed by atoms with Gasteiger partial charge in [0.2, 0.25) is 5.92 Å². The molecule has 2 nitrogen and oxygen atoms in total. The first-order valence-corrected chi connectivity index (χ1v) is 5.44. The number of aromatic nitrogens is 1. The van der Waals surface area contributed by atoms with Gasteiger partial charge < -0.3 is 5.32 Å². The van der Waals surface area contributed by atoms with Crippen LogP contribution in [0.2, 0.25) is 0 Å². The number of rotatable bonds is 2. The quantitative estimate of drug-likeness (QED) is 0.825. The van der Waals surface area contributed by atoms with E-state index >= 15 is 0 Å². The Balaban J connectivity index is 1.94. The van der Waals surface area contributed by atoms with Crippen LogP contribution in [0.1, 0.15) is 24.1 Å². The lowest BCUT2D eigenvalue weighted by Crippen LogP contribution is -2.18. The van der Waals surface area contributed by atoms with Crippen molar-refractivity contribution in [2.75, 3.05) is 5.32 Å². The van der Waals surface area contributed by atoms with Crippen molar-refractivity contribution < 1.29 is 8.78 Å². The average Bonchev–Trinajstić information content (AvgIpc) is 2.59. The highest BCUT2D eigenvalue weighted by atomic mass is 32.1. The molecule has 0 radical (unpaired) electrons. The lowest BCUT2D eigenvalue weighted by atomic mass is 10.2. The van der Waals surface area contributed by atoms with Gasteiger partial charge in [-0.1, -0.05) is 0 Å². The summed E-state index contributed by atoms with van der Waals surface area (Å²) in [5.41, 5.74) is 0. The van der Waals surface area contributed by atoms with Crippen LogP contribution in [-0.4, -0.2) is 16.9 Å². The molecular weight excluding hydrogens is 206 g/mol. The van der Waals surface area contributed by atoms with Gasteiger partial charge >= 0.3 is 0 Å². The van der Waals surface area contributed by atoms with Crippen LogP contribution in [0.4, 0.5) is 13.9 Å². The lowest BCUT2D eigenvalue weighted by Gasteiger charge is -2.11. The van der Waals surface area contributed by atoms with E-state index in [1.54, 1.807) is 6.20 Å². The molecule has 1 unspecified atom stereocenters. The summed E-state index contributed by atoms with van der Waals surface area (Å²) in [4.78, 5) is 5.18. The van der Waals surface area contributed by atoms with Crippen LogP contribution in [0, 0.1) is 6.92 Å². The average molecular weight is 218 g/mol. The SMILES string of the molecule is Cc1cnc(NC2CCC(F)(F)C2)s1. The van der Waals surface area contributed by atoms with E-state index in [-0.39, 0.29) is 18.9 Å². The largest absolute Gasteiger partial charge is 0.359 e. The zero-order valence-electron chi connectivity index (χ0n) is 7.89. The Hall–Kier alpha value is -0.710. The summed E-state index contributed by atoms with van der Waals surface area (Å²) in [6, 6.07) is -0.115. The summed E-state index contributed by atoms with van der Waals surface area (Å²) >= 11 is 1.51. The van der Waals surface area contributed by atoms with Crippen molar-refractivity contribution in [2.24, 2.45) is 0 Å². The third-order valence-corrected chi connectivity index (χ3v) is 3.20. The first-order valence-electron chi connectivity index (χ1n) is 4.62. The van der Waals surface area contributed by atoms with Crippen LogP contribution >= 0.6 is 11.3 Å². The molecule has 1 fully saturated rings. The Morgan fingerprint density at radius 2 is 2.43 bits per heavy atom. The van der Waals surface area contributed by atoms with E-state index in [4.69, 9.17) is 0 Å². The van der Waals surface area contributed by atoms with E-state index in [1.165, 1.54) is 11.3 Å². The number of nitrogens with zero attached hydrogens (tertiary/aromatic N) is 1. The minimum absolute atomic E-state index is 0.00494. The van der Waals surface area contributed by atoms with Crippen LogP contribution in [0.5, 0.6) is 0 Å². The maximum absolute atomic E-state index is 12.8. The van der Waals surface area contributed by atoms with Crippen molar-refractivity contribution >= 4 is 16.5 Å². The number of nitrogens with one attached hydrogen (secondary N) is 1. The van der Waals surface area contributed by atoms with Crippen LogP contribution in [0.25, 0.3) is 0 Å². The predicted molar refractivity (Wildman–Crippen MR) is 53.1 cm³/mol. The summed E-state index contributed by atoms with van der Waals surface area (Å²) in [6.45, 7) is 1.95. The topological polar surface area (TPSA) is 24.9 Å². The summed E-state index contributed by atoms with van der Waals surface area (Å²) < 4.78 is 25.7. The number of hydrogen-bond donors (Lipinski definition) is 1. The third kappa shape index (κ3) is 2.20. The van der Waals surface area contributed by atoms with Crippen molar-refractivity contribution in [2.45, 2.75) is 38.2 Å². The molecule has 1 aromatic heterocycles. The molecule has 5 heteroatoms. The molecule has 0 aromatic carbocycles. The van der Waals surface area contributed by atoms with Gasteiger partial charge in [0.05, 0.1) is 0 Å². The molecule has 1 aromatic rings. The smallest absolute Gasteiger partial charge is 0.250 e. The fraction of sp³-hybridized carbons (Fsp3) is 0.667. The molecule has 1 aliphatic rings. The molecular formula is C9H12F2N2S. The van der Waals surface area contributed by atoms with Crippen molar-refractivity contribution in [3.8, 4) is 0 Å². The van der Waals surface area contributed by atoms with Gasteiger partial charge in [-0.05, 0) is 13.3 Å². The molecule has 78 valence electrons. The highest BCUT2D eigenvalue weighted by Gasteiger charge is 2.39. The summed E-state index contributed by atoms with van der Waals surface area (Å²) in [5, 5.41) is 3.80. The Labute approximate surface area is 85.4 Å². The van der Waals surface area contributed by atoms with Gasteiger partial charge in [-0.2, -0.15) is 0 Å². The van der Waals surface area contributed by atoms with Crippen LogP contribution in [-0.2, 0) is 0 Å². The fourth-order valence-corrected chi connectivity index (χ4v) is 2.41. The van der Waals surface area contributed by atoms with E-state index in [2.05, 4.69) is 10.3 Å². The predicted octanol–water partition coefficient (Wildman–Crippen LogP) is 3.05. The van der Waals surface area contributed by atoms with E-state index in [9.17, 15) is 8.78 Å². The maximum Gasteiger partial charge on any atom is 0.250 e. The van der Waals surface area contributed by atoms with E-state index in [1.807, 2.05) is 6.92 Å². The monoisotopic (exact) mass is 218 g/mol. The number of anilines is 1. The molecule has 1 heterocycles. The highest BCUT2D eigenvalue weighted by Crippen LogP contribution is 2.36. The number of alkyl halides is 2. The third-order valence-electron chi connectivity index (χ3n) is 2.35. The molecule has 0 bridgehead atoms. The first kappa shape index (κ1) is 9.83. The van der Waals surface area contributed by atoms with Crippen LogP contribution < -0.4 is 5.32 Å². The zero-order chi connectivity index (χ0) is 10.2. The summed E-state index contributed by atoms with van der Waals surface area (Å²) in [7, 11) is 0. The maximum atomic E-state index is 12.8. The Morgan fingerprint density at radius 1 is 1.64 bits per heavy atom. The lowest BCUT2D eigenvalue weighted by molar-refractivity contribution is 0.00853. The molecule has 14 heavy (non-hydrogen) atoms. The van der Waals surface area contributed by atoms with Gasteiger partial charge in [0.15, 0.2) is 5.13 Å². The van der Waals surface area contributed by atoms with Crippen molar-refractivity contribution in [3.63, 3.8) is 0 Å². The number of aryl methyl sites for hydroxylation is 1. The number of hydrogen-bond acceptors (Lipinski definition) is 3. The molecule has 0 aliphatic heterocycles. The summed E-state index contributed by atoms with van der Waals surface area (Å²) in [6.07, 6.45) is 2.21. The summed E-state index contributed by atoms with van der Waals surface area (Å²) in [5.74, 6) is -2.48. The molecule has 1 N–H and O–H groups in total. The molecule has 0 spiro atoms. The van der Waals surface area contributed by atoms with Gasteiger partial charge in [-0.15, -0.1) is 11.3 Å². The second-order valence-electron chi connectivity index (χ2n) is 3.72. The molecule has 1 aliphatic carbocycles. The van der Waals surface area contributed by atoms with Crippen molar-refractivity contribution in [1.29, 1.82) is 0 Å². The van der Waals surface area contributed by atoms with Crippen molar-refractivity contribution in [3.05, 3.63) is 11.1 Å². The second kappa shape index (κ2) is 3.46. The number of thiazole rings is 1. The van der Waals surface area contributed by atoms with E-state index in [0.29, 0.717) is 6.42 Å².